The van der Waals surface area contributed by atoms with E-state index < -0.39 is 0 Å². The van der Waals surface area contributed by atoms with Crippen molar-refractivity contribution in [1.82, 2.24) is 19.6 Å². The predicted octanol–water partition coefficient (Wildman–Crippen LogP) is 2.08. The van der Waals surface area contributed by atoms with Crippen LogP contribution in [0.15, 0.2) is 18.5 Å². The lowest BCUT2D eigenvalue weighted by Crippen LogP contribution is -2.07. The molecule has 1 fully saturated rings. The zero-order chi connectivity index (χ0) is 15.1. The van der Waals surface area contributed by atoms with E-state index in [1.807, 2.05) is 12.1 Å². The van der Waals surface area contributed by atoms with Gasteiger partial charge in [-0.25, -0.2) is 4.98 Å². The van der Waals surface area contributed by atoms with Gasteiger partial charge in [0.1, 0.15) is 6.33 Å². The lowest BCUT2D eigenvalue weighted by atomic mass is 10.2. The SMILES string of the molecule is COc1cc2nc(OCC3CC3)n3ncnc3c2cc1OC. The van der Waals surface area contributed by atoms with Gasteiger partial charge in [-0.1, -0.05) is 0 Å². The molecule has 0 atom stereocenters. The molecule has 1 aliphatic rings. The summed E-state index contributed by atoms with van der Waals surface area (Å²) in [6.45, 7) is 0.667. The summed E-state index contributed by atoms with van der Waals surface area (Å²) in [4.78, 5) is 8.88. The standard InChI is InChI=1S/C15H16N4O3/c1-20-12-5-10-11(6-13(12)21-2)18-15(22-7-9-3-4-9)19-14(10)16-8-17-19/h5-6,8-9H,3-4,7H2,1-2H3. The summed E-state index contributed by atoms with van der Waals surface area (Å²) in [6.07, 6.45) is 3.94. The minimum absolute atomic E-state index is 0.458. The minimum Gasteiger partial charge on any atom is -0.493 e. The van der Waals surface area contributed by atoms with Gasteiger partial charge in [-0.3, -0.25) is 0 Å². The second kappa shape index (κ2) is 5.01. The van der Waals surface area contributed by atoms with Crippen LogP contribution >= 0.6 is 0 Å². The van der Waals surface area contributed by atoms with Gasteiger partial charge in [-0.2, -0.15) is 14.6 Å². The van der Waals surface area contributed by atoms with E-state index in [0.717, 1.165) is 10.9 Å². The average Bonchev–Trinajstić information content (AvgIpc) is 3.25. The van der Waals surface area contributed by atoms with Gasteiger partial charge >= 0.3 is 6.01 Å². The molecule has 1 aliphatic carbocycles. The third-order valence-corrected chi connectivity index (χ3v) is 3.83. The van der Waals surface area contributed by atoms with Gasteiger partial charge in [0.2, 0.25) is 0 Å². The van der Waals surface area contributed by atoms with E-state index in [-0.39, 0.29) is 0 Å². The van der Waals surface area contributed by atoms with Crippen LogP contribution in [0.1, 0.15) is 12.8 Å². The molecule has 0 saturated heterocycles. The van der Waals surface area contributed by atoms with E-state index in [4.69, 9.17) is 14.2 Å². The fourth-order valence-corrected chi connectivity index (χ4v) is 2.43. The maximum Gasteiger partial charge on any atom is 0.320 e. The van der Waals surface area contributed by atoms with E-state index in [2.05, 4.69) is 15.1 Å². The summed E-state index contributed by atoms with van der Waals surface area (Å²) in [7, 11) is 3.20. The van der Waals surface area contributed by atoms with Crippen LogP contribution < -0.4 is 14.2 Å². The predicted molar refractivity (Wildman–Crippen MR) is 79.6 cm³/mol. The zero-order valence-electron chi connectivity index (χ0n) is 12.4. The molecular weight excluding hydrogens is 284 g/mol. The van der Waals surface area contributed by atoms with Crippen LogP contribution in [0.5, 0.6) is 17.5 Å². The van der Waals surface area contributed by atoms with E-state index in [1.165, 1.54) is 19.2 Å². The van der Waals surface area contributed by atoms with E-state index in [0.29, 0.717) is 35.7 Å². The number of methoxy groups -OCH3 is 2. The highest BCUT2D eigenvalue weighted by molar-refractivity contribution is 5.93. The fourth-order valence-electron chi connectivity index (χ4n) is 2.43. The van der Waals surface area contributed by atoms with E-state index in [9.17, 15) is 0 Å². The number of benzene rings is 1. The Labute approximate surface area is 126 Å². The molecule has 3 aromatic rings. The largest absolute Gasteiger partial charge is 0.493 e. The number of aromatic nitrogens is 4. The van der Waals surface area contributed by atoms with Crippen molar-refractivity contribution in [1.29, 1.82) is 0 Å². The van der Waals surface area contributed by atoms with Crippen LogP contribution in [0.3, 0.4) is 0 Å². The normalized spacial score (nSPS) is 14.5. The Morgan fingerprint density at radius 3 is 2.68 bits per heavy atom. The number of rotatable bonds is 5. The second-order valence-electron chi connectivity index (χ2n) is 5.37. The van der Waals surface area contributed by atoms with E-state index in [1.54, 1.807) is 18.7 Å². The third-order valence-electron chi connectivity index (χ3n) is 3.83. The lowest BCUT2D eigenvalue weighted by Gasteiger charge is -2.11. The first-order chi connectivity index (χ1) is 10.8. The number of fused-ring (bicyclic) bond motifs is 3. The fraction of sp³-hybridized carbons (Fsp3) is 0.400. The van der Waals surface area contributed by atoms with Crippen molar-refractivity contribution < 1.29 is 14.2 Å². The van der Waals surface area contributed by atoms with Crippen molar-refractivity contribution in [3.05, 3.63) is 18.5 Å². The molecule has 0 aliphatic heterocycles. The molecule has 1 aromatic carbocycles. The monoisotopic (exact) mass is 300 g/mol. The average molecular weight is 300 g/mol. The molecule has 7 heteroatoms. The van der Waals surface area contributed by atoms with Gasteiger partial charge in [0.05, 0.1) is 26.3 Å². The van der Waals surface area contributed by atoms with Crippen LogP contribution in [-0.2, 0) is 0 Å². The Bertz CT molecular complexity index is 842. The molecule has 0 spiro atoms. The highest BCUT2D eigenvalue weighted by atomic mass is 16.5. The maximum atomic E-state index is 5.82. The smallest absolute Gasteiger partial charge is 0.320 e. The number of ether oxygens (including phenoxy) is 3. The number of hydrogen-bond donors (Lipinski definition) is 0. The van der Waals surface area contributed by atoms with Gasteiger partial charge in [0.15, 0.2) is 17.1 Å². The van der Waals surface area contributed by atoms with Crippen molar-refractivity contribution in [2.75, 3.05) is 20.8 Å². The summed E-state index contributed by atoms with van der Waals surface area (Å²) >= 11 is 0. The highest BCUT2D eigenvalue weighted by Gasteiger charge is 2.23. The van der Waals surface area contributed by atoms with Crippen LogP contribution in [0.2, 0.25) is 0 Å². The van der Waals surface area contributed by atoms with Gasteiger partial charge in [-0.05, 0) is 24.8 Å². The summed E-state index contributed by atoms with van der Waals surface area (Å²) in [5.74, 6) is 1.90. The molecule has 0 N–H and O–H groups in total. The highest BCUT2D eigenvalue weighted by Crippen LogP contribution is 2.34. The number of nitrogens with zero attached hydrogens (tertiary/aromatic N) is 4. The first kappa shape index (κ1) is 13.1. The quantitative estimate of drug-likeness (QED) is 0.718. The zero-order valence-corrected chi connectivity index (χ0v) is 12.4. The Morgan fingerprint density at radius 2 is 1.95 bits per heavy atom. The molecule has 22 heavy (non-hydrogen) atoms. The van der Waals surface area contributed by atoms with Crippen molar-refractivity contribution in [2.24, 2.45) is 5.92 Å². The molecule has 0 amide bonds. The molecule has 0 radical (unpaired) electrons. The summed E-state index contributed by atoms with van der Waals surface area (Å²) in [5.41, 5.74) is 1.43. The second-order valence-corrected chi connectivity index (χ2v) is 5.37. The lowest BCUT2D eigenvalue weighted by molar-refractivity contribution is 0.270. The molecule has 2 aromatic heterocycles. The van der Waals surface area contributed by atoms with Crippen molar-refractivity contribution in [3.8, 4) is 17.5 Å². The van der Waals surface area contributed by atoms with Gasteiger partial charge in [0.25, 0.3) is 0 Å². The molecule has 7 nitrogen and oxygen atoms in total. The molecule has 4 rings (SSSR count). The molecule has 2 heterocycles. The third kappa shape index (κ3) is 2.09. The van der Waals surface area contributed by atoms with Crippen LogP contribution in [0, 0.1) is 5.92 Å². The van der Waals surface area contributed by atoms with Crippen LogP contribution in [0.4, 0.5) is 0 Å². The first-order valence-corrected chi connectivity index (χ1v) is 7.18. The van der Waals surface area contributed by atoms with Crippen molar-refractivity contribution in [3.63, 3.8) is 0 Å². The van der Waals surface area contributed by atoms with Gasteiger partial charge < -0.3 is 14.2 Å². The molecule has 0 bridgehead atoms. The van der Waals surface area contributed by atoms with Gasteiger partial charge in [-0.15, -0.1) is 0 Å². The van der Waals surface area contributed by atoms with Gasteiger partial charge in [0, 0.05) is 11.5 Å². The number of hydrogen-bond acceptors (Lipinski definition) is 6. The molecular formula is C15H16N4O3. The Kier molecular flexibility index (Phi) is 2.99. The van der Waals surface area contributed by atoms with E-state index >= 15 is 0 Å². The maximum absolute atomic E-state index is 5.82. The van der Waals surface area contributed by atoms with Crippen molar-refractivity contribution in [2.45, 2.75) is 12.8 Å². The summed E-state index contributed by atoms with van der Waals surface area (Å²) in [5, 5.41) is 5.05. The minimum atomic E-state index is 0.458. The first-order valence-electron chi connectivity index (χ1n) is 7.18. The Hall–Kier alpha value is -2.57. The Morgan fingerprint density at radius 1 is 1.18 bits per heavy atom. The van der Waals surface area contributed by atoms with Crippen LogP contribution in [-0.4, -0.2) is 40.4 Å². The van der Waals surface area contributed by atoms with Crippen molar-refractivity contribution >= 4 is 16.6 Å². The van der Waals surface area contributed by atoms with Crippen LogP contribution in [0.25, 0.3) is 16.6 Å². The summed E-state index contributed by atoms with van der Waals surface area (Å²) in [6, 6.07) is 4.14. The summed E-state index contributed by atoms with van der Waals surface area (Å²) < 4.78 is 18.1. The molecule has 1 saturated carbocycles. The molecule has 114 valence electrons. The Balaban J connectivity index is 1.90. The topological polar surface area (TPSA) is 70.8 Å². The molecule has 0 unspecified atom stereocenters.